The van der Waals surface area contributed by atoms with E-state index in [2.05, 4.69) is 25.8 Å². The van der Waals surface area contributed by atoms with E-state index in [4.69, 9.17) is 4.74 Å². The van der Waals surface area contributed by atoms with Crippen molar-refractivity contribution < 1.29 is 27.9 Å². The van der Waals surface area contributed by atoms with Crippen LogP contribution in [0.5, 0.6) is 11.5 Å². The molecular weight excluding hydrogens is 522 g/mol. The SMILES string of the molecule is CN(C)C1CCN(C(=O)Nc2cc(Oc3ccc(NC(=O)CC(=O)Nc4ccc(F)cc4)c(F)c3)ccn2)CC1. The maximum Gasteiger partial charge on any atom is 0.323 e. The van der Waals surface area contributed by atoms with Gasteiger partial charge in [-0.2, -0.15) is 0 Å². The minimum absolute atomic E-state index is 0.132. The summed E-state index contributed by atoms with van der Waals surface area (Å²) in [5, 5.41) is 7.57. The van der Waals surface area contributed by atoms with E-state index in [1.807, 2.05) is 14.1 Å². The van der Waals surface area contributed by atoms with Crippen molar-refractivity contribution in [2.45, 2.75) is 25.3 Å². The third-order valence-corrected chi connectivity index (χ3v) is 6.35. The molecule has 4 rings (SSSR count). The van der Waals surface area contributed by atoms with Crippen LogP contribution >= 0.6 is 0 Å². The number of anilines is 3. The number of rotatable bonds is 8. The number of hydrogen-bond acceptors (Lipinski definition) is 6. The summed E-state index contributed by atoms with van der Waals surface area (Å²) in [6.45, 7) is 1.29. The predicted octanol–water partition coefficient (Wildman–Crippen LogP) is 4.68. The van der Waals surface area contributed by atoms with Crippen LogP contribution in [0.4, 0.5) is 30.8 Å². The number of hydrogen-bond donors (Lipinski definition) is 3. The molecule has 2 aromatic carbocycles. The van der Waals surface area contributed by atoms with Crippen molar-refractivity contribution >= 4 is 35.0 Å². The minimum atomic E-state index is -0.770. The van der Waals surface area contributed by atoms with E-state index in [-0.39, 0.29) is 17.5 Å². The number of likely N-dealkylation sites (tertiary alicyclic amines) is 1. The summed E-state index contributed by atoms with van der Waals surface area (Å²) in [4.78, 5) is 45.0. The summed E-state index contributed by atoms with van der Waals surface area (Å²) in [6.07, 6.45) is 2.68. The molecule has 0 atom stereocenters. The van der Waals surface area contributed by atoms with Crippen molar-refractivity contribution in [2.24, 2.45) is 0 Å². The lowest BCUT2D eigenvalue weighted by Crippen LogP contribution is -2.46. The van der Waals surface area contributed by atoms with Crippen LogP contribution < -0.4 is 20.7 Å². The van der Waals surface area contributed by atoms with E-state index < -0.39 is 29.9 Å². The molecule has 2 heterocycles. The Morgan fingerprint density at radius 1 is 0.925 bits per heavy atom. The average molecular weight is 553 g/mol. The molecule has 0 bridgehead atoms. The summed E-state index contributed by atoms with van der Waals surface area (Å²) in [6, 6.07) is 12.2. The fourth-order valence-corrected chi connectivity index (χ4v) is 4.19. The van der Waals surface area contributed by atoms with Crippen LogP contribution in [-0.2, 0) is 9.59 Å². The molecule has 40 heavy (non-hydrogen) atoms. The van der Waals surface area contributed by atoms with E-state index >= 15 is 0 Å². The molecule has 0 spiro atoms. The van der Waals surface area contributed by atoms with Gasteiger partial charge in [-0.25, -0.2) is 18.6 Å². The smallest absolute Gasteiger partial charge is 0.323 e. The van der Waals surface area contributed by atoms with Gasteiger partial charge in [0.25, 0.3) is 0 Å². The molecule has 0 unspecified atom stereocenters. The van der Waals surface area contributed by atoms with Crippen molar-refractivity contribution in [3.63, 3.8) is 0 Å². The van der Waals surface area contributed by atoms with Crippen molar-refractivity contribution in [1.29, 1.82) is 0 Å². The Bertz CT molecular complexity index is 1360. The molecule has 4 amide bonds. The molecule has 1 aromatic heterocycles. The molecule has 210 valence electrons. The second-order valence-corrected chi connectivity index (χ2v) is 9.51. The van der Waals surface area contributed by atoms with Crippen LogP contribution in [0, 0.1) is 11.6 Å². The first-order valence-corrected chi connectivity index (χ1v) is 12.7. The summed E-state index contributed by atoms with van der Waals surface area (Å²) >= 11 is 0. The highest BCUT2D eigenvalue weighted by atomic mass is 19.1. The number of carbonyl (C=O) groups is 3. The molecule has 0 radical (unpaired) electrons. The Kier molecular flexibility index (Phi) is 9.23. The average Bonchev–Trinajstić information content (AvgIpc) is 2.91. The highest BCUT2D eigenvalue weighted by Gasteiger charge is 2.24. The van der Waals surface area contributed by atoms with Crippen molar-refractivity contribution in [3.05, 3.63) is 72.4 Å². The number of ether oxygens (including phenoxy) is 1. The molecule has 10 nitrogen and oxygen atoms in total. The summed E-state index contributed by atoms with van der Waals surface area (Å²) in [5.41, 5.74) is 0.197. The molecule has 3 N–H and O–H groups in total. The van der Waals surface area contributed by atoms with E-state index in [0.717, 1.165) is 18.9 Å². The van der Waals surface area contributed by atoms with Gasteiger partial charge < -0.3 is 25.2 Å². The first-order valence-electron chi connectivity index (χ1n) is 12.7. The van der Waals surface area contributed by atoms with Crippen LogP contribution in [0.2, 0.25) is 0 Å². The Morgan fingerprint density at radius 2 is 1.60 bits per heavy atom. The highest BCUT2D eigenvalue weighted by molar-refractivity contribution is 6.08. The van der Waals surface area contributed by atoms with Crippen molar-refractivity contribution in [3.8, 4) is 11.5 Å². The number of benzene rings is 2. The van der Waals surface area contributed by atoms with Gasteiger partial charge in [-0.15, -0.1) is 0 Å². The third-order valence-electron chi connectivity index (χ3n) is 6.35. The van der Waals surface area contributed by atoms with Gasteiger partial charge in [-0.05, 0) is 69.4 Å². The molecule has 1 fully saturated rings. The van der Waals surface area contributed by atoms with Crippen LogP contribution in [0.25, 0.3) is 0 Å². The number of nitrogens with zero attached hydrogens (tertiary/aromatic N) is 3. The maximum absolute atomic E-state index is 14.7. The molecule has 1 saturated heterocycles. The highest BCUT2D eigenvalue weighted by Crippen LogP contribution is 2.27. The fourth-order valence-electron chi connectivity index (χ4n) is 4.19. The second-order valence-electron chi connectivity index (χ2n) is 9.51. The number of carbonyl (C=O) groups excluding carboxylic acids is 3. The number of amides is 4. The minimum Gasteiger partial charge on any atom is -0.457 e. The Balaban J connectivity index is 1.29. The number of aromatic nitrogens is 1. The number of pyridine rings is 1. The zero-order valence-electron chi connectivity index (χ0n) is 22.1. The lowest BCUT2D eigenvalue weighted by molar-refractivity contribution is -0.123. The van der Waals surface area contributed by atoms with Gasteiger partial charge >= 0.3 is 6.03 Å². The van der Waals surface area contributed by atoms with Crippen LogP contribution in [0.1, 0.15) is 19.3 Å². The molecule has 0 saturated carbocycles. The topological polar surface area (TPSA) is 116 Å². The number of nitrogens with one attached hydrogen (secondary N) is 3. The van der Waals surface area contributed by atoms with Gasteiger partial charge in [0, 0.05) is 43.1 Å². The molecule has 0 aliphatic carbocycles. The van der Waals surface area contributed by atoms with E-state index in [0.29, 0.717) is 36.4 Å². The monoisotopic (exact) mass is 552 g/mol. The van der Waals surface area contributed by atoms with Gasteiger partial charge in [0.05, 0.1) is 5.69 Å². The van der Waals surface area contributed by atoms with Crippen LogP contribution in [0.15, 0.2) is 60.8 Å². The fraction of sp³-hybridized carbons (Fsp3) is 0.286. The van der Waals surface area contributed by atoms with Crippen LogP contribution in [0.3, 0.4) is 0 Å². The zero-order valence-corrected chi connectivity index (χ0v) is 22.1. The van der Waals surface area contributed by atoms with Crippen molar-refractivity contribution in [2.75, 3.05) is 43.1 Å². The third kappa shape index (κ3) is 7.96. The van der Waals surface area contributed by atoms with E-state index in [9.17, 15) is 23.2 Å². The van der Waals surface area contributed by atoms with Crippen molar-refractivity contribution in [1.82, 2.24) is 14.8 Å². The van der Waals surface area contributed by atoms with Gasteiger partial charge in [-0.1, -0.05) is 0 Å². The maximum atomic E-state index is 14.7. The molecule has 3 aromatic rings. The number of piperidine rings is 1. The Hall–Kier alpha value is -4.58. The molecular formula is C28H30F2N6O4. The molecule has 1 aliphatic heterocycles. The Labute approximate surface area is 230 Å². The normalized spacial score (nSPS) is 13.6. The number of halogens is 2. The Morgan fingerprint density at radius 3 is 2.27 bits per heavy atom. The summed E-state index contributed by atoms with van der Waals surface area (Å²) < 4.78 is 33.4. The number of urea groups is 1. The lowest BCUT2D eigenvalue weighted by atomic mass is 10.0. The van der Waals surface area contributed by atoms with Gasteiger partial charge in [0.2, 0.25) is 11.8 Å². The quantitative estimate of drug-likeness (QED) is 0.350. The first kappa shape index (κ1) is 28.4. The standard InChI is InChI=1S/C28H30F2N6O4/c1-35(2)20-10-13-36(14-11-20)28(39)34-25-16-22(9-12-31-25)40-21-7-8-24(23(30)15-21)33-27(38)17-26(37)32-19-5-3-18(29)4-6-19/h3-9,12,15-16,20H,10-11,13-14,17H2,1-2H3,(H,32,37)(H,33,38)(H,31,34,39). The summed E-state index contributed by atoms with van der Waals surface area (Å²) in [7, 11) is 4.07. The van der Waals surface area contributed by atoms with Gasteiger partial charge in [-0.3, -0.25) is 14.9 Å². The van der Waals surface area contributed by atoms with E-state index in [1.165, 1.54) is 48.7 Å². The zero-order chi connectivity index (χ0) is 28.6. The van der Waals surface area contributed by atoms with E-state index in [1.54, 1.807) is 11.0 Å². The first-order chi connectivity index (χ1) is 19.2. The van der Waals surface area contributed by atoms with Gasteiger partial charge in [0.15, 0.2) is 0 Å². The van der Waals surface area contributed by atoms with Gasteiger partial charge in [0.1, 0.15) is 35.4 Å². The largest absolute Gasteiger partial charge is 0.457 e. The molecule has 1 aliphatic rings. The van der Waals surface area contributed by atoms with Crippen LogP contribution in [-0.4, -0.2) is 65.9 Å². The second kappa shape index (κ2) is 13.0. The predicted molar refractivity (Wildman–Crippen MR) is 146 cm³/mol. The summed E-state index contributed by atoms with van der Waals surface area (Å²) in [5.74, 6) is -1.82. The lowest BCUT2D eigenvalue weighted by Gasteiger charge is -2.35. The molecule has 12 heteroatoms.